The van der Waals surface area contributed by atoms with Gasteiger partial charge in [-0.25, -0.2) is 10.1 Å². The van der Waals surface area contributed by atoms with Crippen LogP contribution in [-0.2, 0) is 26.6 Å². The van der Waals surface area contributed by atoms with Gasteiger partial charge in [-0.15, -0.1) is 0 Å². The Morgan fingerprint density at radius 1 is 1.14 bits per heavy atom. The van der Waals surface area contributed by atoms with E-state index in [0.29, 0.717) is 37.5 Å². The van der Waals surface area contributed by atoms with Gasteiger partial charge in [0.15, 0.2) is 5.13 Å². The maximum absolute atomic E-state index is 13.2. The molecule has 2 aromatic rings. The Balaban J connectivity index is 1.45. The van der Waals surface area contributed by atoms with Crippen molar-refractivity contribution < 1.29 is 40.6 Å². The van der Waals surface area contributed by atoms with Crippen LogP contribution in [0, 0.1) is 0 Å². The molecule has 3 heterocycles. The van der Waals surface area contributed by atoms with Crippen molar-refractivity contribution in [3.63, 3.8) is 0 Å². The number of alkyl halides is 6. The number of anilines is 2. The summed E-state index contributed by atoms with van der Waals surface area (Å²) in [5, 5.41) is 7.93. The number of piperazine rings is 1. The average Bonchev–Trinajstić information content (AvgIpc) is 3.32. The molecule has 1 aliphatic rings. The Bertz CT molecular complexity index is 1100. The van der Waals surface area contributed by atoms with Crippen molar-refractivity contribution in [3.8, 4) is 0 Å². The lowest BCUT2D eigenvalue weighted by Gasteiger charge is -2.34. The molecule has 0 bridgehead atoms. The molecule has 1 saturated heterocycles. The first-order valence-electron chi connectivity index (χ1n) is 10.9. The summed E-state index contributed by atoms with van der Waals surface area (Å²) >= 11 is 0.548. The zero-order chi connectivity index (χ0) is 27.2. The Morgan fingerprint density at radius 3 is 2.43 bits per heavy atom. The third-order valence-electron chi connectivity index (χ3n) is 5.32. The normalized spacial score (nSPS) is 15.6. The van der Waals surface area contributed by atoms with Crippen LogP contribution >= 0.6 is 11.3 Å². The van der Waals surface area contributed by atoms with E-state index in [1.165, 1.54) is 7.11 Å². The molecular weight excluding hydrogens is 534 g/mol. The zero-order valence-electron chi connectivity index (χ0n) is 19.5. The second kappa shape index (κ2) is 12.1. The molecule has 17 heteroatoms. The number of thiazole rings is 1. The highest BCUT2D eigenvalue weighted by Crippen LogP contribution is 2.36. The van der Waals surface area contributed by atoms with E-state index in [2.05, 4.69) is 15.4 Å². The fourth-order valence-corrected chi connectivity index (χ4v) is 4.41. The molecule has 1 atom stereocenters. The second-order valence-corrected chi connectivity index (χ2v) is 8.99. The van der Waals surface area contributed by atoms with Crippen LogP contribution in [0.15, 0.2) is 17.2 Å². The molecule has 0 saturated carbocycles. The molecular formula is C20H24F6N6O4S. The topological polar surface area (TPSA) is 113 Å². The predicted molar refractivity (Wildman–Crippen MR) is 120 cm³/mol. The molecule has 1 fully saturated rings. The van der Waals surface area contributed by atoms with Crippen LogP contribution in [0.5, 0.6) is 0 Å². The van der Waals surface area contributed by atoms with Gasteiger partial charge in [-0.2, -0.15) is 31.4 Å². The summed E-state index contributed by atoms with van der Waals surface area (Å²) in [6.07, 6.45) is -7.74. The minimum atomic E-state index is -4.91. The van der Waals surface area contributed by atoms with E-state index >= 15 is 0 Å². The maximum Gasteiger partial charge on any atom is 0.427 e. The van der Waals surface area contributed by atoms with Gasteiger partial charge in [-0.1, -0.05) is 11.3 Å². The average molecular weight is 559 g/mol. The number of ether oxygens (including phenoxy) is 2. The summed E-state index contributed by atoms with van der Waals surface area (Å²) in [7, 11) is 1.34. The lowest BCUT2D eigenvalue weighted by molar-refractivity contribution is -0.138. The summed E-state index contributed by atoms with van der Waals surface area (Å²) in [6.45, 7) is 1.04. The number of H-pyrrole nitrogens is 1. The molecule has 0 aromatic carbocycles. The van der Waals surface area contributed by atoms with E-state index in [-0.39, 0.29) is 37.3 Å². The first-order valence-corrected chi connectivity index (χ1v) is 11.8. The standard InChI is InChI=1S/C20H24F6N6O4S/c1-35-10-12(29-13-8-28-30-17(34)16(13)20(24,25)26)11-36-7-2-15(33)31-3-5-32(6-4-31)18-27-9-14(37-18)19(21,22)23/h8-9,12H,2-7,10-11H2,1H3,(H2,29,30,34)/t12-/m0/s1. The summed E-state index contributed by atoms with van der Waals surface area (Å²) in [6, 6.07) is -0.770. The van der Waals surface area contributed by atoms with Crippen LogP contribution < -0.4 is 15.8 Å². The second-order valence-electron chi connectivity index (χ2n) is 7.98. The number of hydrogen-bond donors (Lipinski definition) is 2. The van der Waals surface area contributed by atoms with E-state index in [1.54, 1.807) is 14.9 Å². The van der Waals surface area contributed by atoms with Gasteiger partial charge in [0.05, 0.1) is 50.4 Å². The lowest BCUT2D eigenvalue weighted by atomic mass is 10.2. The summed E-state index contributed by atoms with van der Waals surface area (Å²) < 4.78 is 88.5. The number of carbonyl (C=O) groups excluding carboxylic acids is 1. The third-order valence-corrected chi connectivity index (χ3v) is 6.43. The summed E-state index contributed by atoms with van der Waals surface area (Å²) in [4.78, 5) is 30.4. The number of carbonyl (C=O) groups is 1. The Labute approximate surface area is 210 Å². The Hall–Kier alpha value is -2.92. The third kappa shape index (κ3) is 7.78. The van der Waals surface area contributed by atoms with Crippen molar-refractivity contribution in [2.45, 2.75) is 24.8 Å². The minimum absolute atomic E-state index is 0.00443. The van der Waals surface area contributed by atoms with Crippen molar-refractivity contribution in [2.75, 3.05) is 63.3 Å². The smallest absolute Gasteiger partial charge is 0.382 e. The number of hydrogen-bond acceptors (Lipinski definition) is 9. The highest BCUT2D eigenvalue weighted by Gasteiger charge is 2.38. The predicted octanol–water partition coefficient (Wildman–Crippen LogP) is 2.45. The number of amides is 1. The number of aromatic nitrogens is 3. The molecule has 2 aromatic heterocycles. The van der Waals surface area contributed by atoms with E-state index in [4.69, 9.17) is 9.47 Å². The first kappa shape index (κ1) is 28.6. The van der Waals surface area contributed by atoms with Crippen LogP contribution in [0.1, 0.15) is 16.9 Å². The van der Waals surface area contributed by atoms with Crippen LogP contribution in [0.4, 0.5) is 37.2 Å². The number of rotatable bonds is 10. The Morgan fingerprint density at radius 2 is 1.84 bits per heavy atom. The van der Waals surface area contributed by atoms with E-state index in [0.717, 1.165) is 12.4 Å². The molecule has 1 aliphatic heterocycles. The number of nitrogens with zero attached hydrogens (tertiary/aromatic N) is 4. The van der Waals surface area contributed by atoms with Gasteiger partial charge in [-0.05, 0) is 0 Å². The molecule has 37 heavy (non-hydrogen) atoms. The fourth-order valence-electron chi connectivity index (χ4n) is 3.57. The SMILES string of the molecule is COC[C@@H](COCCC(=O)N1CCN(c2ncc(C(F)(F)F)s2)CC1)Nc1cn[nH]c(=O)c1C(F)(F)F. The minimum Gasteiger partial charge on any atom is -0.382 e. The lowest BCUT2D eigenvalue weighted by Crippen LogP contribution is -2.49. The van der Waals surface area contributed by atoms with Gasteiger partial charge in [0.1, 0.15) is 10.4 Å². The van der Waals surface area contributed by atoms with Crippen LogP contribution in [0.3, 0.4) is 0 Å². The molecule has 2 N–H and O–H groups in total. The van der Waals surface area contributed by atoms with Gasteiger partial charge in [0.2, 0.25) is 5.91 Å². The van der Waals surface area contributed by atoms with Crippen LogP contribution in [0.2, 0.25) is 0 Å². The van der Waals surface area contributed by atoms with Gasteiger partial charge < -0.3 is 24.6 Å². The first-order chi connectivity index (χ1) is 17.4. The molecule has 3 rings (SSSR count). The molecule has 0 unspecified atom stereocenters. The van der Waals surface area contributed by atoms with Gasteiger partial charge in [-0.3, -0.25) is 9.59 Å². The van der Waals surface area contributed by atoms with Gasteiger partial charge in [0, 0.05) is 33.3 Å². The maximum atomic E-state index is 13.2. The van der Waals surface area contributed by atoms with Gasteiger partial charge in [0.25, 0.3) is 5.56 Å². The summed E-state index contributed by atoms with van der Waals surface area (Å²) in [5.41, 5.74) is -3.35. The monoisotopic (exact) mass is 558 g/mol. The van der Waals surface area contributed by atoms with Crippen molar-refractivity contribution in [1.82, 2.24) is 20.1 Å². The van der Waals surface area contributed by atoms with Crippen molar-refractivity contribution in [2.24, 2.45) is 0 Å². The number of nitrogens with one attached hydrogen (secondary N) is 2. The van der Waals surface area contributed by atoms with Crippen LogP contribution in [0.25, 0.3) is 0 Å². The molecule has 0 radical (unpaired) electrons. The number of halogens is 6. The van der Waals surface area contributed by atoms with E-state index < -0.39 is 40.1 Å². The molecule has 0 aliphatic carbocycles. The van der Waals surface area contributed by atoms with Crippen molar-refractivity contribution in [3.05, 3.63) is 33.2 Å². The fraction of sp³-hybridized carbons (Fsp3) is 0.600. The van der Waals surface area contributed by atoms with E-state index in [1.807, 2.05) is 0 Å². The van der Waals surface area contributed by atoms with Crippen LogP contribution in [-0.4, -0.2) is 85.1 Å². The van der Waals surface area contributed by atoms with Crippen molar-refractivity contribution >= 4 is 28.1 Å². The van der Waals surface area contributed by atoms with Crippen molar-refractivity contribution in [1.29, 1.82) is 0 Å². The van der Waals surface area contributed by atoms with Gasteiger partial charge >= 0.3 is 12.4 Å². The number of methoxy groups -OCH3 is 1. The molecule has 10 nitrogen and oxygen atoms in total. The molecule has 206 valence electrons. The highest BCUT2D eigenvalue weighted by molar-refractivity contribution is 7.15. The number of aromatic amines is 1. The summed E-state index contributed by atoms with van der Waals surface area (Å²) in [5.74, 6) is -0.232. The highest BCUT2D eigenvalue weighted by atomic mass is 32.1. The zero-order valence-corrected chi connectivity index (χ0v) is 20.3. The van der Waals surface area contributed by atoms with E-state index in [9.17, 15) is 35.9 Å². The quantitative estimate of drug-likeness (QED) is 0.338. The largest absolute Gasteiger partial charge is 0.427 e. The molecule has 1 amide bonds. The molecule has 0 spiro atoms. The Kier molecular flexibility index (Phi) is 9.36.